The van der Waals surface area contributed by atoms with Gasteiger partial charge < -0.3 is 24.4 Å². The minimum absolute atomic E-state index is 0.0557. The van der Waals surface area contributed by atoms with E-state index in [1.54, 1.807) is 0 Å². The van der Waals surface area contributed by atoms with Crippen molar-refractivity contribution < 1.29 is 29.2 Å². The predicted molar refractivity (Wildman–Crippen MR) is 109 cm³/mol. The maximum atomic E-state index is 11.1. The van der Waals surface area contributed by atoms with Gasteiger partial charge in [-0.2, -0.15) is 0 Å². The van der Waals surface area contributed by atoms with Crippen LogP contribution >= 0.6 is 0 Å². The molecule has 0 aromatic heterocycles. The Morgan fingerprint density at radius 3 is 2.39 bits per heavy atom. The highest BCUT2D eigenvalue weighted by molar-refractivity contribution is 5.69. The number of hydrogen-bond acceptors (Lipinski definition) is 6. The third-order valence-corrected chi connectivity index (χ3v) is 5.44. The monoisotopic (exact) mass is 400 g/mol. The first-order valence-electron chi connectivity index (χ1n) is 10.8. The Balaban J connectivity index is 2.19. The molecule has 0 aromatic carbocycles. The van der Waals surface area contributed by atoms with Gasteiger partial charge in [-0.05, 0) is 50.4 Å². The van der Waals surface area contributed by atoms with Gasteiger partial charge in [-0.25, -0.2) is 0 Å². The molecule has 1 saturated carbocycles. The SMILES string of the molecule is CCCCCOCCOCCC1[C@H](O)C[C@H](O)[C@@H]1CC=CCCCC(=O)OC. The van der Waals surface area contributed by atoms with Crippen molar-refractivity contribution in [3.05, 3.63) is 12.2 Å². The number of allylic oxidation sites excluding steroid dienone is 2. The highest BCUT2D eigenvalue weighted by Crippen LogP contribution is 2.37. The topological polar surface area (TPSA) is 85.2 Å². The number of aliphatic hydroxyl groups excluding tert-OH is 2. The summed E-state index contributed by atoms with van der Waals surface area (Å²) >= 11 is 0. The third-order valence-electron chi connectivity index (χ3n) is 5.44. The van der Waals surface area contributed by atoms with Crippen LogP contribution in [0.3, 0.4) is 0 Å². The Morgan fingerprint density at radius 2 is 1.68 bits per heavy atom. The molecule has 1 rings (SSSR count). The van der Waals surface area contributed by atoms with E-state index in [9.17, 15) is 15.0 Å². The summed E-state index contributed by atoms with van der Waals surface area (Å²) in [5, 5.41) is 20.5. The second-order valence-electron chi connectivity index (χ2n) is 7.59. The lowest BCUT2D eigenvalue weighted by Crippen LogP contribution is -2.23. The fourth-order valence-electron chi connectivity index (χ4n) is 3.74. The maximum Gasteiger partial charge on any atom is 0.305 e. The van der Waals surface area contributed by atoms with Gasteiger partial charge in [0.1, 0.15) is 0 Å². The van der Waals surface area contributed by atoms with Crippen LogP contribution in [-0.2, 0) is 19.0 Å². The van der Waals surface area contributed by atoms with Crippen LogP contribution in [0, 0.1) is 11.8 Å². The number of hydrogen-bond donors (Lipinski definition) is 2. The van der Waals surface area contributed by atoms with E-state index >= 15 is 0 Å². The normalized spacial score (nSPS) is 24.9. The van der Waals surface area contributed by atoms with E-state index in [2.05, 4.69) is 17.7 Å². The van der Waals surface area contributed by atoms with Gasteiger partial charge in [0.25, 0.3) is 0 Å². The van der Waals surface area contributed by atoms with Crippen molar-refractivity contribution in [2.24, 2.45) is 11.8 Å². The molecule has 6 nitrogen and oxygen atoms in total. The van der Waals surface area contributed by atoms with E-state index in [4.69, 9.17) is 9.47 Å². The standard InChI is InChI=1S/C22H40O6/c1-3-4-9-13-27-15-16-28-14-12-19-18(20(23)17-21(19)24)10-7-5-6-8-11-22(25)26-2/h5,7,18-21,23-24H,3-4,6,8-17H2,1-2H3/t18-,19?,20+,21-/m1/s1. The average Bonchev–Trinajstić information content (AvgIpc) is 2.95. The molecule has 0 aliphatic heterocycles. The first kappa shape index (κ1) is 25.1. The number of rotatable bonds is 16. The van der Waals surface area contributed by atoms with E-state index < -0.39 is 12.2 Å². The van der Waals surface area contributed by atoms with Crippen LogP contribution in [-0.4, -0.2) is 61.9 Å². The summed E-state index contributed by atoms with van der Waals surface area (Å²) in [7, 11) is 1.40. The zero-order valence-electron chi connectivity index (χ0n) is 17.7. The Kier molecular flexibility index (Phi) is 14.3. The van der Waals surface area contributed by atoms with Crippen LogP contribution in [0.25, 0.3) is 0 Å². The van der Waals surface area contributed by atoms with Crippen LogP contribution < -0.4 is 0 Å². The zero-order valence-corrected chi connectivity index (χ0v) is 17.7. The van der Waals surface area contributed by atoms with Crippen molar-refractivity contribution in [2.75, 3.05) is 33.5 Å². The first-order valence-corrected chi connectivity index (χ1v) is 10.8. The number of ether oxygens (including phenoxy) is 3. The fourth-order valence-corrected chi connectivity index (χ4v) is 3.74. The van der Waals surface area contributed by atoms with Crippen molar-refractivity contribution in [3.63, 3.8) is 0 Å². The fraction of sp³-hybridized carbons (Fsp3) is 0.864. The summed E-state index contributed by atoms with van der Waals surface area (Å²) in [5.41, 5.74) is 0. The quantitative estimate of drug-likeness (QED) is 0.235. The summed E-state index contributed by atoms with van der Waals surface area (Å²) in [6.45, 7) is 4.72. The maximum absolute atomic E-state index is 11.1. The van der Waals surface area contributed by atoms with Gasteiger partial charge in [0.2, 0.25) is 0 Å². The molecule has 1 fully saturated rings. The second kappa shape index (κ2) is 15.9. The molecular formula is C22H40O6. The Labute approximate surface area is 170 Å². The molecule has 4 atom stereocenters. The lowest BCUT2D eigenvalue weighted by atomic mass is 9.88. The molecule has 1 aliphatic rings. The average molecular weight is 401 g/mol. The number of methoxy groups -OCH3 is 1. The van der Waals surface area contributed by atoms with E-state index in [0.29, 0.717) is 32.7 Å². The van der Waals surface area contributed by atoms with E-state index in [0.717, 1.165) is 38.7 Å². The van der Waals surface area contributed by atoms with Gasteiger partial charge >= 0.3 is 5.97 Å². The number of aliphatic hydroxyl groups is 2. The largest absolute Gasteiger partial charge is 0.469 e. The molecule has 28 heavy (non-hydrogen) atoms. The van der Waals surface area contributed by atoms with E-state index in [-0.39, 0.29) is 17.8 Å². The molecular weight excluding hydrogens is 360 g/mol. The van der Waals surface area contributed by atoms with Gasteiger partial charge in [-0.3, -0.25) is 4.79 Å². The lowest BCUT2D eigenvalue weighted by molar-refractivity contribution is -0.140. The van der Waals surface area contributed by atoms with Crippen LogP contribution in [0.2, 0.25) is 0 Å². The molecule has 0 saturated heterocycles. The highest BCUT2D eigenvalue weighted by atomic mass is 16.5. The second-order valence-corrected chi connectivity index (χ2v) is 7.59. The number of esters is 1. The Morgan fingerprint density at radius 1 is 0.964 bits per heavy atom. The third kappa shape index (κ3) is 10.6. The molecule has 0 heterocycles. The van der Waals surface area contributed by atoms with Crippen LogP contribution in [0.1, 0.15) is 64.7 Å². The minimum Gasteiger partial charge on any atom is -0.469 e. The van der Waals surface area contributed by atoms with Crippen molar-refractivity contribution >= 4 is 5.97 Å². The molecule has 6 heteroatoms. The van der Waals surface area contributed by atoms with Crippen molar-refractivity contribution in [1.82, 2.24) is 0 Å². The van der Waals surface area contributed by atoms with Crippen molar-refractivity contribution in [3.8, 4) is 0 Å². The predicted octanol–water partition coefficient (Wildman–Crippen LogP) is 3.25. The van der Waals surface area contributed by atoms with Crippen molar-refractivity contribution in [1.29, 1.82) is 0 Å². The highest BCUT2D eigenvalue weighted by Gasteiger charge is 2.40. The Hall–Kier alpha value is -0.950. The van der Waals surface area contributed by atoms with Crippen LogP contribution in [0.15, 0.2) is 12.2 Å². The van der Waals surface area contributed by atoms with Crippen LogP contribution in [0.5, 0.6) is 0 Å². The number of carbonyl (C=O) groups is 1. The molecule has 0 spiro atoms. The lowest BCUT2D eigenvalue weighted by Gasteiger charge is -2.22. The smallest absolute Gasteiger partial charge is 0.305 e. The summed E-state index contributed by atoms with van der Waals surface area (Å²) < 4.78 is 15.8. The van der Waals surface area contributed by atoms with E-state index in [1.165, 1.54) is 20.0 Å². The van der Waals surface area contributed by atoms with Crippen molar-refractivity contribution in [2.45, 2.75) is 76.9 Å². The van der Waals surface area contributed by atoms with Gasteiger partial charge in [0.05, 0.1) is 32.5 Å². The van der Waals surface area contributed by atoms with Crippen LogP contribution in [0.4, 0.5) is 0 Å². The zero-order chi connectivity index (χ0) is 20.6. The molecule has 2 N–H and O–H groups in total. The number of unbranched alkanes of at least 4 members (excludes halogenated alkanes) is 3. The summed E-state index contributed by atoms with van der Waals surface area (Å²) in [4.78, 5) is 11.1. The van der Waals surface area contributed by atoms with E-state index in [1.807, 2.05) is 6.08 Å². The molecule has 164 valence electrons. The molecule has 0 amide bonds. The van der Waals surface area contributed by atoms with Gasteiger partial charge in [0.15, 0.2) is 0 Å². The summed E-state index contributed by atoms with van der Waals surface area (Å²) in [6.07, 6.45) is 10.6. The summed E-state index contributed by atoms with van der Waals surface area (Å²) in [6, 6.07) is 0. The molecule has 0 aromatic rings. The molecule has 1 unspecified atom stereocenters. The van der Waals surface area contributed by atoms with Gasteiger partial charge in [-0.15, -0.1) is 0 Å². The summed E-state index contributed by atoms with van der Waals surface area (Å²) in [5.74, 6) is -0.0740. The molecule has 0 bridgehead atoms. The van der Waals surface area contributed by atoms with Gasteiger partial charge in [-0.1, -0.05) is 31.9 Å². The first-order chi connectivity index (χ1) is 13.6. The molecule has 1 aliphatic carbocycles. The Bertz CT molecular complexity index is 425. The minimum atomic E-state index is -0.471. The number of carbonyl (C=O) groups excluding carboxylic acids is 1. The molecule has 0 radical (unpaired) electrons. The van der Waals surface area contributed by atoms with Gasteiger partial charge in [0, 0.05) is 19.6 Å².